The Morgan fingerprint density at radius 2 is 1.44 bits per heavy atom. The monoisotopic (exact) mass is 751 g/mol. The average molecular weight is 752 g/mol. The lowest BCUT2D eigenvalue weighted by atomic mass is 10.0. The second kappa shape index (κ2) is 19.8. The molecule has 14 heteroatoms. The third-order valence-electron chi connectivity index (χ3n) is 8.22. The number of benzene rings is 2. The largest absolute Gasteiger partial charge is 0.466 e. The molecule has 5 amide bonds. The van der Waals surface area contributed by atoms with Gasteiger partial charge in [0, 0.05) is 38.8 Å². The number of aryl methyl sites for hydroxylation is 1. The van der Waals surface area contributed by atoms with Gasteiger partial charge in [0.05, 0.1) is 24.3 Å². The van der Waals surface area contributed by atoms with Crippen LogP contribution in [0.4, 0.5) is 21.0 Å². The van der Waals surface area contributed by atoms with Gasteiger partial charge in [-0.05, 0) is 103 Å². The summed E-state index contributed by atoms with van der Waals surface area (Å²) in [5.41, 5.74) is 1.36. The molecular weight excluding hydrogens is 694 g/mol. The SMILES string of the molecule is CCOC(=O)CCN1C(=O)c2cc(CCCCCCNC(=O)OC(C)(C)C)ccc2N(C)C(=O)C1c1cccc(NC(=O)CCNC(=O)OC(C)(C)C)c1. The van der Waals surface area contributed by atoms with E-state index in [0.29, 0.717) is 35.5 Å². The Labute approximate surface area is 318 Å². The van der Waals surface area contributed by atoms with Crippen LogP contribution >= 0.6 is 0 Å². The fraction of sp³-hybridized carbons (Fsp3) is 0.550. The van der Waals surface area contributed by atoms with Gasteiger partial charge in [-0.1, -0.05) is 31.0 Å². The molecule has 0 aromatic heterocycles. The smallest absolute Gasteiger partial charge is 0.407 e. The normalized spacial score (nSPS) is 14.5. The number of ether oxygens (including phenoxy) is 3. The second-order valence-corrected chi connectivity index (χ2v) is 15.2. The summed E-state index contributed by atoms with van der Waals surface area (Å²) in [5.74, 6) is -1.66. The fourth-order valence-electron chi connectivity index (χ4n) is 5.82. The van der Waals surface area contributed by atoms with Crippen molar-refractivity contribution in [3.8, 4) is 0 Å². The summed E-state index contributed by atoms with van der Waals surface area (Å²) in [4.78, 5) is 80.5. The summed E-state index contributed by atoms with van der Waals surface area (Å²) in [6.45, 7) is 13.1. The van der Waals surface area contributed by atoms with E-state index in [1.54, 1.807) is 65.1 Å². The predicted molar refractivity (Wildman–Crippen MR) is 205 cm³/mol. The third-order valence-corrected chi connectivity index (χ3v) is 8.22. The van der Waals surface area contributed by atoms with Gasteiger partial charge in [-0.2, -0.15) is 0 Å². The Morgan fingerprint density at radius 1 is 0.796 bits per heavy atom. The Kier molecular flexibility index (Phi) is 15.9. The maximum Gasteiger partial charge on any atom is 0.407 e. The van der Waals surface area contributed by atoms with Gasteiger partial charge >= 0.3 is 18.2 Å². The van der Waals surface area contributed by atoms with E-state index >= 15 is 0 Å². The van der Waals surface area contributed by atoms with Gasteiger partial charge in [0.15, 0.2) is 0 Å². The predicted octanol–water partition coefficient (Wildman–Crippen LogP) is 6.28. The van der Waals surface area contributed by atoms with E-state index < -0.39 is 41.3 Å². The van der Waals surface area contributed by atoms with Crippen molar-refractivity contribution in [2.75, 3.05) is 43.5 Å². The Bertz CT molecular complexity index is 1650. The molecule has 1 atom stereocenters. The van der Waals surface area contributed by atoms with Crippen molar-refractivity contribution >= 4 is 47.3 Å². The molecule has 1 aliphatic rings. The van der Waals surface area contributed by atoms with Crippen LogP contribution in [0.1, 0.15) is 115 Å². The topological polar surface area (TPSA) is 173 Å². The van der Waals surface area contributed by atoms with Gasteiger partial charge in [-0.25, -0.2) is 9.59 Å². The number of esters is 1. The number of alkyl carbamates (subject to hydrolysis) is 2. The summed E-state index contributed by atoms with van der Waals surface area (Å²) in [6, 6.07) is 11.1. The van der Waals surface area contributed by atoms with E-state index in [1.807, 2.05) is 32.9 Å². The lowest BCUT2D eigenvalue weighted by molar-refractivity contribution is -0.143. The van der Waals surface area contributed by atoms with E-state index in [1.165, 1.54) is 9.80 Å². The van der Waals surface area contributed by atoms with E-state index in [2.05, 4.69) is 16.0 Å². The van der Waals surface area contributed by atoms with Crippen molar-refractivity contribution in [1.29, 1.82) is 0 Å². The average Bonchev–Trinajstić information content (AvgIpc) is 3.14. The second-order valence-electron chi connectivity index (χ2n) is 15.2. The molecule has 296 valence electrons. The highest BCUT2D eigenvalue weighted by molar-refractivity contribution is 6.11. The highest BCUT2D eigenvalue weighted by Gasteiger charge is 2.39. The molecule has 0 spiro atoms. The van der Waals surface area contributed by atoms with Crippen LogP contribution in [0.2, 0.25) is 0 Å². The number of anilines is 2. The first kappa shape index (κ1) is 43.3. The van der Waals surface area contributed by atoms with Gasteiger partial charge in [-0.3, -0.25) is 19.2 Å². The maximum absolute atomic E-state index is 14.4. The first-order valence-corrected chi connectivity index (χ1v) is 18.6. The van der Waals surface area contributed by atoms with Crippen LogP contribution in [0, 0.1) is 0 Å². The number of amides is 5. The van der Waals surface area contributed by atoms with Crippen LogP contribution in [0.25, 0.3) is 0 Å². The highest BCUT2D eigenvalue weighted by Crippen LogP contribution is 2.35. The number of carbonyl (C=O) groups excluding carboxylic acids is 6. The molecule has 1 heterocycles. The van der Waals surface area contributed by atoms with E-state index in [-0.39, 0.29) is 44.4 Å². The summed E-state index contributed by atoms with van der Waals surface area (Å²) in [5, 5.41) is 8.12. The zero-order valence-corrected chi connectivity index (χ0v) is 33.0. The zero-order chi connectivity index (χ0) is 40.1. The third kappa shape index (κ3) is 14.0. The number of unbranched alkanes of at least 4 members (excludes halogenated alkanes) is 3. The molecule has 0 saturated carbocycles. The van der Waals surface area contributed by atoms with Crippen LogP contribution in [-0.2, 0) is 35.0 Å². The Hall–Kier alpha value is -5.14. The lowest BCUT2D eigenvalue weighted by Crippen LogP contribution is -2.42. The van der Waals surface area contributed by atoms with Crippen LogP contribution < -0.4 is 20.9 Å². The number of likely N-dealkylation sites (N-methyl/N-ethyl adjacent to an activating group) is 1. The molecule has 1 unspecified atom stereocenters. The quantitative estimate of drug-likeness (QED) is 0.101. The molecule has 0 fully saturated rings. The van der Waals surface area contributed by atoms with Crippen LogP contribution in [0.3, 0.4) is 0 Å². The number of hydrogen-bond acceptors (Lipinski definition) is 9. The summed E-state index contributed by atoms with van der Waals surface area (Å²) in [7, 11) is 1.62. The maximum atomic E-state index is 14.4. The van der Waals surface area contributed by atoms with Gasteiger partial charge in [0.25, 0.3) is 11.8 Å². The molecule has 2 aromatic rings. The first-order valence-electron chi connectivity index (χ1n) is 18.6. The number of fused-ring (bicyclic) bond motifs is 1. The molecule has 0 aliphatic carbocycles. The van der Waals surface area contributed by atoms with Crippen LogP contribution in [0.15, 0.2) is 42.5 Å². The zero-order valence-electron chi connectivity index (χ0n) is 33.0. The van der Waals surface area contributed by atoms with Gasteiger partial charge in [0.2, 0.25) is 5.91 Å². The molecule has 0 radical (unpaired) electrons. The van der Waals surface area contributed by atoms with Crippen molar-refractivity contribution in [3.05, 3.63) is 59.2 Å². The molecule has 0 bridgehead atoms. The summed E-state index contributed by atoms with van der Waals surface area (Å²) >= 11 is 0. The number of hydrogen-bond donors (Lipinski definition) is 3. The molecule has 1 aliphatic heterocycles. The minimum Gasteiger partial charge on any atom is -0.466 e. The van der Waals surface area contributed by atoms with Crippen LogP contribution in [-0.4, -0.2) is 85.3 Å². The number of nitrogens with zero attached hydrogens (tertiary/aromatic N) is 2. The first-order chi connectivity index (χ1) is 25.4. The number of rotatable bonds is 16. The minimum atomic E-state index is -1.10. The molecule has 14 nitrogen and oxygen atoms in total. The van der Waals surface area contributed by atoms with E-state index in [0.717, 1.165) is 31.2 Å². The van der Waals surface area contributed by atoms with Gasteiger partial charge in [-0.15, -0.1) is 0 Å². The minimum absolute atomic E-state index is 0.0261. The van der Waals surface area contributed by atoms with E-state index in [4.69, 9.17) is 14.2 Å². The van der Waals surface area contributed by atoms with Crippen molar-refractivity contribution < 1.29 is 43.0 Å². The number of nitrogens with one attached hydrogen (secondary N) is 3. The molecule has 3 N–H and O–H groups in total. The van der Waals surface area contributed by atoms with Crippen molar-refractivity contribution in [3.63, 3.8) is 0 Å². The van der Waals surface area contributed by atoms with Crippen molar-refractivity contribution in [2.45, 2.75) is 111 Å². The van der Waals surface area contributed by atoms with Gasteiger partial charge < -0.3 is 40.0 Å². The fourth-order valence-corrected chi connectivity index (χ4v) is 5.82. The molecule has 0 saturated heterocycles. The van der Waals surface area contributed by atoms with Gasteiger partial charge in [0.1, 0.15) is 17.2 Å². The Balaban J connectivity index is 1.74. The highest BCUT2D eigenvalue weighted by atomic mass is 16.6. The van der Waals surface area contributed by atoms with Crippen LogP contribution in [0.5, 0.6) is 0 Å². The molecule has 3 rings (SSSR count). The molecule has 2 aromatic carbocycles. The summed E-state index contributed by atoms with van der Waals surface area (Å²) in [6.07, 6.45) is 2.99. The number of carbonyl (C=O) groups is 6. The Morgan fingerprint density at radius 3 is 2.09 bits per heavy atom. The standard InChI is InChI=1S/C40H57N5O9/c1-9-52-33(47)21-24-45-34(28-16-14-17-29(26-28)43-32(46)20-23-42-38(51)54-40(5,6)7)36(49)44(8)31-19-18-27(25-30(31)35(45)48)15-12-10-11-13-22-41-37(50)53-39(2,3)4/h14,16-19,25-26,34H,9-13,15,20-24H2,1-8H3,(H,41,50)(H,42,51)(H,43,46). The lowest BCUT2D eigenvalue weighted by Gasteiger charge is -2.30. The van der Waals surface area contributed by atoms with Crippen molar-refractivity contribution in [1.82, 2.24) is 15.5 Å². The summed E-state index contributed by atoms with van der Waals surface area (Å²) < 4.78 is 15.6. The molecular formula is C40H57N5O9. The van der Waals surface area contributed by atoms with Crippen molar-refractivity contribution in [2.24, 2.45) is 0 Å². The molecule has 54 heavy (non-hydrogen) atoms. The van der Waals surface area contributed by atoms with E-state index in [9.17, 15) is 28.8 Å².